The van der Waals surface area contributed by atoms with Crippen molar-refractivity contribution >= 4 is 32.4 Å². The van der Waals surface area contributed by atoms with Gasteiger partial charge in [-0.15, -0.1) is 0 Å². The van der Waals surface area contributed by atoms with E-state index in [2.05, 4.69) is 26.9 Å². The molecule has 0 aliphatic carbocycles. The Balaban J connectivity index is 1.20. The lowest BCUT2D eigenvalue weighted by atomic mass is 10.0. The number of rotatable bonds is 9. The Bertz CT molecular complexity index is 1500. The van der Waals surface area contributed by atoms with Gasteiger partial charge in [-0.25, -0.2) is 13.8 Å². The lowest BCUT2D eigenvalue weighted by molar-refractivity contribution is 0.0950. The van der Waals surface area contributed by atoms with E-state index in [4.69, 9.17) is 4.98 Å². The lowest BCUT2D eigenvalue weighted by Crippen LogP contribution is -2.36. The van der Waals surface area contributed by atoms with Crippen LogP contribution in [0.5, 0.6) is 0 Å². The van der Waals surface area contributed by atoms with Gasteiger partial charge in [-0.2, -0.15) is 0 Å². The lowest BCUT2D eigenvalue weighted by Gasteiger charge is -2.28. The number of imidazole rings is 1. The summed E-state index contributed by atoms with van der Waals surface area (Å²) >= 11 is 1.53. The minimum atomic E-state index is -0.665. The van der Waals surface area contributed by atoms with Crippen LogP contribution in [0, 0.1) is 5.82 Å². The molecule has 0 saturated carbocycles. The maximum absolute atomic E-state index is 15.4. The van der Waals surface area contributed by atoms with Gasteiger partial charge in [0.05, 0.1) is 21.6 Å². The van der Waals surface area contributed by atoms with Crippen LogP contribution in [-0.4, -0.2) is 59.1 Å². The van der Waals surface area contributed by atoms with Crippen LogP contribution >= 0.6 is 11.3 Å². The highest BCUT2D eigenvalue weighted by Crippen LogP contribution is 2.36. The smallest absolute Gasteiger partial charge is 0.251 e. The fourth-order valence-electron chi connectivity index (χ4n) is 6.09. The average Bonchev–Trinajstić information content (AvgIpc) is 3.69. The predicted octanol–water partition coefficient (Wildman–Crippen LogP) is 6.29. The molecule has 2 N–H and O–H groups in total. The number of aromatic nitrogens is 2. The molecule has 2 saturated heterocycles. The number of fused-ring (bicyclic) bond motifs is 3. The Morgan fingerprint density at radius 2 is 2.02 bits per heavy atom. The van der Waals surface area contributed by atoms with Gasteiger partial charge in [0, 0.05) is 36.8 Å². The summed E-state index contributed by atoms with van der Waals surface area (Å²) in [7, 11) is 0. The number of carbonyl (C=O) groups excluding carboxylic acids is 1. The van der Waals surface area contributed by atoms with Crippen LogP contribution in [0.2, 0.25) is 0 Å². The van der Waals surface area contributed by atoms with E-state index < -0.39 is 6.17 Å². The Labute approximate surface area is 237 Å². The molecule has 2 aliphatic heterocycles. The minimum absolute atomic E-state index is 0.0937. The number of hydrogen-bond donors (Lipinski definition) is 2. The molecule has 2 aromatic carbocycles. The molecule has 0 spiro atoms. The summed E-state index contributed by atoms with van der Waals surface area (Å²) in [5.41, 5.74) is 4.85. The fraction of sp³-hybridized carbons (Fsp3) is 0.484. The standard InChI is InChI=1S/C31H37F2N5OS/c1-2-5-27-29(23-9-7-20(18-24(23)33)25-6-3-13-34-25)36-31-38(27)26-10-8-21(19-28(26)40-31)30(39)35-14-4-15-37-16-11-22(32)12-17-37/h7-10,18-19,22,25,34H,2-6,11-17H2,1H3,(H,35,39)/t25-/m0/s1. The molecule has 0 unspecified atom stereocenters. The number of benzene rings is 2. The molecule has 212 valence electrons. The third kappa shape index (κ3) is 5.51. The van der Waals surface area contributed by atoms with E-state index >= 15 is 4.39 Å². The normalized spacial score (nSPS) is 18.7. The van der Waals surface area contributed by atoms with Crippen molar-refractivity contribution in [1.29, 1.82) is 0 Å². The highest BCUT2D eigenvalue weighted by atomic mass is 32.1. The molecule has 2 aromatic heterocycles. The molecule has 9 heteroatoms. The van der Waals surface area contributed by atoms with Crippen LogP contribution < -0.4 is 10.6 Å². The highest BCUT2D eigenvalue weighted by molar-refractivity contribution is 7.23. The first kappa shape index (κ1) is 27.3. The second-order valence-corrected chi connectivity index (χ2v) is 12.1. The number of aryl methyl sites for hydroxylation is 1. The van der Waals surface area contributed by atoms with E-state index in [1.54, 1.807) is 6.07 Å². The molecule has 40 heavy (non-hydrogen) atoms. The van der Waals surface area contributed by atoms with Crippen molar-refractivity contribution in [3.05, 3.63) is 59.0 Å². The highest BCUT2D eigenvalue weighted by Gasteiger charge is 2.23. The van der Waals surface area contributed by atoms with Crippen LogP contribution in [0.25, 0.3) is 26.4 Å². The molecule has 6 rings (SSSR count). The summed E-state index contributed by atoms with van der Waals surface area (Å²) < 4.78 is 31.9. The number of carbonyl (C=O) groups is 1. The Hall–Kier alpha value is -2.88. The van der Waals surface area contributed by atoms with Gasteiger partial charge in [0.2, 0.25) is 0 Å². The topological polar surface area (TPSA) is 61.7 Å². The number of nitrogens with zero attached hydrogens (tertiary/aromatic N) is 3. The number of halogens is 2. The molecule has 1 atom stereocenters. The van der Waals surface area contributed by atoms with E-state index in [1.165, 1.54) is 11.3 Å². The first-order valence-electron chi connectivity index (χ1n) is 14.6. The number of piperidine rings is 1. The van der Waals surface area contributed by atoms with E-state index in [0.717, 1.165) is 84.7 Å². The molecule has 4 aromatic rings. The Morgan fingerprint density at radius 3 is 2.77 bits per heavy atom. The van der Waals surface area contributed by atoms with Crippen molar-refractivity contribution in [2.24, 2.45) is 0 Å². The zero-order chi connectivity index (χ0) is 27.6. The van der Waals surface area contributed by atoms with Gasteiger partial charge in [0.25, 0.3) is 5.91 Å². The van der Waals surface area contributed by atoms with Gasteiger partial charge >= 0.3 is 0 Å². The van der Waals surface area contributed by atoms with Crippen LogP contribution in [0.4, 0.5) is 8.78 Å². The molecule has 4 heterocycles. The van der Waals surface area contributed by atoms with Crippen molar-refractivity contribution in [3.63, 3.8) is 0 Å². The van der Waals surface area contributed by atoms with Crippen LogP contribution in [0.1, 0.15) is 73.1 Å². The first-order valence-corrected chi connectivity index (χ1v) is 15.4. The molecular formula is C31H37F2N5OS. The largest absolute Gasteiger partial charge is 0.352 e. The molecule has 6 nitrogen and oxygen atoms in total. The monoisotopic (exact) mass is 565 g/mol. The van der Waals surface area contributed by atoms with Crippen LogP contribution in [0.15, 0.2) is 36.4 Å². The molecule has 1 amide bonds. The summed E-state index contributed by atoms with van der Waals surface area (Å²) in [6.45, 7) is 6.15. The maximum atomic E-state index is 15.4. The van der Waals surface area contributed by atoms with Gasteiger partial charge in [0.1, 0.15) is 12.0 Å². The van der Waals surface area contributed by atoms with Gasteiger partial charge in [0.15, 0.2) is 4.96 Å². The van der Waals surface area contributed by atoms with Crippen molar-refractivity contribution < 1.29 is 13.6 Å². The summed E-state index contributed by atoms with van der Waals surface area (Å²) in [4.78, 5) is 20.9. The molecule has 2 aliphatic rings. The van der Waals surface area contributed by atoms with Crippen molar-refractivity contribution in [1.82, 2.24) is 24.9 Å². The zero-order valence-corrected chi connectivity index (χ0v) is 23.8. The minimum Gasteiger partial charge on any atom is -0.352 e. The number of amides is 1. The van der Waals surface area contributed by atoms with Gasteiger partial charge in [-0.1, -0.05) is 30.7 Å². The number of likely N-dealkylation sites (tertiary alicyclic amines) is 1. The zero-order valence-electron chi connectivity index (χ0n) is 23.0. The second kappa shape index (κ2) is 11.9. The number of hydrogen-bond acceptors (Lipinski definition) is 5. The molecular weight excluding hydrogens is 528 g/mol. The van der Waals surface area contributed by atoms with Crippen molar-refractivity contribution in [3.8, 4) is 11.3 Å². The average molecular weight is 566 g/mol. The molecule has 0 radical (unpaired) electrons. The second-order valence-electron chi connectivity index (χ2n) is 11.1. The number of alkyl halides is 1. The number of nitrogens with one attached hydrogen (secondary N) is 2. The van der Waals surface area contributed by atoms with Crippen LogP contribution in [-0.2, 0) is 6.42 Å². The van der Waals surface area contributed by atoms with E-state index in [1.807, 2.05) is 30.3 Å². The summed E-state index contributed by atoms with van der Waals surface area (Å²) in [6.07, 6.45) is 5.23. The summed E-state index contributed by atoms with van der Waals surface area (Å²) in [6, 6.07) is 11.6. The van der Waals surface area contributed by atoms with Gasteiger partial charge in [-0.3, -0.25) is 9.20 Å². The SMILES string of the molecule is CCCc1c(-c2ccc([C@@H]3CCCN3)cc2F)nc2sc3cc(C(=O)NCCCN4CCC(F)CC4)ccc3n12. The Morgan fingerprint density at radius 1 is 1.18 bits per heavy atom. The molecule has 0 bridgehead atoms. The third-order valence-corrected chi connectivity index (χ3v) is 9.26. The van der Waals surface area contributed by atoms with Gasteiger partial charge in [-0.05, 0) is 87.5 Å². The van der Waals surface area contributed by atoms with E-state index in [-0.39, 0.29) is 17.8 Å². The maximum Gasteiger partial charge on any atom is 0.251 e. The quantitative estimate of drug-likeness (QED) is 0.234. The number of thiazole rings is 1. The van der Waals surface area contributed by atoms with Crippen molar-refractivity contribution in [2.75, 3.05) is 32.7 Å². The first-order chi connectivity index (χ1) is 19.5. The third-order valence-electron chi connectivity index (χ3n) is 8.26. The summed E-state index contributed by atoms with van der Waals surface area (Å²) in [5, 5.41) is 6.47. The fourth-order valence-corrected chi connectivity index (χ4v) is 7.18. The van der Waals surface area contributed by atoms with Crippen molar-refractivity contribution in [2.45, 2.75) is 64.1 Å². The predicted molar refractivity (Wildman–Crippen MR) is 157 cm³/mol. The van der Waals surface area contributed by atoms with E-state index in [9.17, 15) is 9.18 Å². The summed E-state index contributed by atoms with van der Waals surface area (Å²) in [5.74, 6) is -0.326. The Kier molecular flexibility index (Phi) is 8.14. The van der Waals surface area contributed by atoms with Crippen LogP contribution in [0.3, 0.4) is 0 Å². The van der Waals surface area contributed by atoms with E-state index in [0.29, 0.717) is 36.2 Å². The molecule has 2 fully saturated rings. The van der Waals surface area contributed by atoms with Gasteiger partial charge < -0.3 is 15.5 Å².